The number of rotatable bonds is 5. The summed E-state index contributed by atoms with van der Waals surface area (Å²) in [7, 11) is 0. The van der Waals surface area contributed by atoms with Crippen LogP contribution in [0, 0.1) is 0 Å². The summed E-state index contributed by atoms with van der Waals surface area (Å²) in [5.74, 6) is 0.190. The fourth-order valence-corrected chi connectivity index (χ4v) is 5.33. The number of hydrogen-bond donors (Lipinski definition) is 1. The van der Waals surface area contributed by atoms with Crippen LogP contribution in [0.2, 0.25) is 0 Å². The molecule has 6 nitrogen and oxygen atoms in total. The van der Waals surface area contributed by atoms with Gasteiger partial charge in [0.15, 0.2) is 5.82 Å². The number of nitrogens with zero attached hydrogens (tertiary/aromatic N) is 3. The van der Waals surface area contributed by atoms with Crippen molar-refractivity contribution >= 4 is 22.8 Å². The van der Waals surface area contributed by atoms with Crippen molar-refractivity contribution < 1.29 is 9.59 Å². The maximum Gasteiger partial charge on any atom is 0.290 e. The Morgan fingerprint density at radius 3 is 2.48 bits per heavy atom. The molecule has 2 aromatic carbocycles. The number of carbonyl (C=O) groups is 2. The Hall–Kier alpha value is -3.15. The van der Waals surface area contributed by atoms with E-state index in [9.17, 15) is 9.59 Å². The third-order valence-corrected chi connectivity index (χ3v) is 7.30. The molecule has 2 aliphatic rings. The topological polar surface area (TPSA) is 67.2 Å². The van der Waals surface area contributed by atoms with Crippen molar-refractivity contribution in [1.82, 2.24) is 19.8 Å². The van der Waals surface area contributed by atoms with Crippen LogP contribution in [0.1, 0.15) is 61.6 Å². The fraction of sp³-hybridized carbons (Fsp3) is 0.444. The zero-order valence-corrected chi connectivity index (χ0v) is 19.3. The molecule has 0 saturated heterocycles. The molecule has 33 heavy (non-hydrogen) atoms. The maximum atomic E-state index is 13.8. The minimum atomic E-state index is -0.978. The normalized spacial score (nSPS) is 21.6. The van der Waals surface area contributed by atoms with E-state index in [4.69, 9.17) is 0 Å². The molecular formula is C27H32N4O2. The third-order valence-electron chi connectivity index (χ3n) is 7.30. The highest BCUT2D eigenvalue weighted by atomic mass is 16.2. The number of fused-ring (bicyclic) bond motifs is 3. The summed E-state index contributed by atoms with van der Waals surface area (Å²) in [5, 5.41) is 3.32. The van der Waals surface area contributed by atoms with Crippen LogP contribution in [-0.2, 0) is 17.8 Å². The van der Waals surface area contributed by atoms with E-state index in [2.05, 4.69) is 22.4 Å². The zero-order valence-electron chi connectivity index (χ0n) is 19.3. The van der Waals surface area contributed by atoms with E-state index >= 15 is 0 Å². The van der Waals surface area contributed by atoms with Gasteiger partial charge in [0.1, 0.15) is 5.54 Å². The molecule has 5 rings (SSSR count). The molecule has 2 amide bonds. The van der Waals surface area contributed by atoms with Crippen molar-refractivity contribution in [2.24, 2.45) is 0 Å². The molecule has 3 aromatic rings. The smallest absolute Gasteiger partial charge is 0.290 e. The predicted octanol–water partition coefficient (Wildman–Crippen LogP) is 4.33. The fourth-order valence-electron chi connectivity index (χ4n) is 5.33. The Balaban J connectivity index is 1.48. The largest absolute Gasteiger partial charge is 0.351 e. The van der Waals surface area contributed by atoms with E-state index in [0.29, 0.717) is 25.3 Å². The van der Waals surface area contributed by atoms with Gasteiger partial charge in [0, 0.05) is 12.6 Å². The van der Waals surface area contributed by atoms with Crippen LogP contribution in [0.4, 0.5) is 0 Å². The van der Waals surface area contributed by atoms with Crippen LogP contribution >= 0.6 is 0 Å². The van der Waals surface area contributed by atoms with E-state index in [1.807, 2.05) is 54.0 Å². The summed E-state index contributed by atoms with van der Waals surface area (Å²) >= 11 is 0. The molecule has 0 radical (unpaired) electrons. The highest BCUT2D eigenvalue weighted by Crippen LogP contribution is 2.31. The quantitative estimate of drug-likeness (QED) is 0.596. The minimum absolute atomic E-state index is 0.0563. The summed E-state index contributed by atoms with van der Waals surface area (Å²) in [6, 6.07) is 18.1. The van der Waals surface area contributed by atoms with E-state index in [1.165, 1.54) is 12.8 Å². The third kappa shape index (κ3) is 4.14. The molecule has 0 unspecified atom stereocenters. The van der Waals surface area contributed by atoms with Crippen LogP contribution in [-0.4, -0.2) is 44.4 Å². The molecular weight excluding hydrogens is 412 g/mol. The van der Waals surface area contributed by atoms with Crippen molar-refractivity contribution in [3.05, 3.63) is 66.0 Å². The minimum Gasteiger partial charge on any atom is -0.351 e. The van der Waals surface area contributed by atoms with Crippen molar-refractivity contribution in [3.63, 3.8) is 0 Å². The summed E-state index contributed by atoms with van der Waals surface area (Å²) in [6.07, 6.45) is 7.48. The second kappa shape index (κ2) is 9.00. The lowest BCUT2D eigenvalue weighted by Crippen LogP contribution is -2.65. The summed E-state index contributed by atoms with van der Waals surface area (Å²) in [6.45, 7) is 2.79. The predicted molar refractivity (Wildman–Crippen MR) is 129 cm³/mol. The van der Waals surface area contributed by atoms with Crippen LogP contribution in [0.5, 0.6) is 0 Å². The Morgan fingerprint density at radius 1 is 1.03 bits per heavy atom. The highest BCUT2D eigenvalue weighted by Gasteiger charge is 2.48. The van der Waals surface area contributed by atoms with Crippen molar-refractivity contribution in [3.8, 4) is 0 Å². The van der Waals surface area contributed by atoms with Gasteiger partial charge in [-0.1, -0.05) is 68.1 Å². The Bertz CT molecular complexity index is 1150. The maximum absolute atomic E-state index is 13.8. The second-order valence-electron chi connectivity index (χ2n) is 9.64. The first-order chi connectivity index (χ1) is 16.1. The molecule has 6 heteroatoms. The van der Waals surface area contributed by atoms with Crippen LogP contribution in [0.15, 0.2) is 54.6 Å². The average molecular weight is 445 g/mol. The van der Waals surface area contributed by atoms with Crippen LogP contribution in [0.3, 0.4) is 0 Å². The molecule has 2 heterocycles. The molecule has 1 atom stereocenters. The molecule has 1 aliphatic carbocycles. The van der Waals surface area contributed by atoms with Gasteiger partial charge in [0.25, 0.3) is 5.91 Å². The number of aromatic nitrogens is 2. The first kappa shape index (κ1) is 21.7. The lowest BCUT2D eigenvalue weighted by molar-refractivity contribution is -0.133. The van der Waals surface area contributed by atoms with Crippen LogP contribution in [0.25, 0.3) is 11.0 Å². The number of nitrogens with one attached hydrogen (secondary N) is 1. The van der Waals surface area contributed by atoms with Gasteiger partial charge < -0.3 is 14.8 Å². The second-order valence-corrected chi connectivity index (χ2v) is 9.64. The molecule has 1 saturated carbocycles. The van der Waals surface area contributed by atoms with Crippen molar-refractivity contribution in [2.45, 2.75) is 70.0 Å². The lowest BCUT2D eigenvalue weighted by atomic mass is 9.93. The molecule has 0 bridgehead atoms. The van der Waals surface area contributed by atoms with Gasteiger partial charge in [-0.3, -0.25) is 9.59 Å². The molecule has 1 N–H and O–H groups in total. The first-order valence-corrected chi connectivity index (χ1v) is 12.2. The highest BCUT2D eigenvalue weighted by molar-refractivity contribution is 6.01. The number of para-hydroxylation sites is 2. The molecule has 1 aromatic heterocycles. The Kier molecular flexibility index (Phi) is 5.92. The van der Waals surface area contributed by atoms with E-state index in [1.54, 1.807) is 4.90 Å². The first-order valence-electron chi connectivity index (χ1n) is 12.2. The monoisotopic (exact) mass is 444 g/mol. The summed E-state index contributed by atoms with van der Waals surface area (Å²) in [5.41, 5.74) is 1.86. The van der Waals surface area contributed by atoms with Gasteiger partial charge in [-0.2, -0.15) is 0 Å². The lowest BCUT2D eigenvalue weighted by Gasteiger charge is -2.44. The summed E-state index contributed by atoms with van der Waals surface area (Å²) < 4.78 is 1.93. The van der Waals surface area contributed by atoms with Gasteiger partial charge in [0.2, 0.25) is 5.91 Å². The van der Waals surface area contributed by atoms with Gasteiger partial charge in [-0.15, -0.1) is 0 Å². The number of benzene rings is 2. The Morgan fingerprint density at radius 2 is 1.73 bits per heavy atom. The molecule has 0 spiro atoms. The van der Waals surface area contributed by atoms with Crippen molar-refractivity contribution in [1.29, 1.82) is 0 Å². The molecule has 1 aliphatic heterocycles. The average Bonchev–Trinajstić information content (AvgIpc) is 3.00. The Labute approximate surface area is 195 Å². The molecule has 1 fully saturated rings. The number of carbonyl (C=O) groups excluding carboxylic acids is 2. The van der Waals surface area contributed by atoms with E-state index in [-0.39, 0.29) is 17.9 Å². The van der Waals surface area contributed by atoms with Crippen LogP contribution < -0.4 is 5.32 Å². The number of imidazole rings is 1. The van der Waals surface area contributed by atoms with Gasteiger partial charge in [-0.05, 0) is 43.9 Å². The van der Waals surface area contributed by atoms with Crippen molar-refractivity contribution in [2.75, 3.05) is 6.54 Å². The van der Waals surface area contributed by atoms with E-state index < -0.39 is 5.54 Å². The van der Waals surface area contributed by atoms with E-state index in [0.717, 1.165) is 42.3 Å². The SMILES string of the molecule is C[C@@]1(C(=O)NC2CCCCCC2)Cn2c(nc3ccccc32)C(=O)N1CCc1ccccc1. The van der Waals surface area contributed by atoms with Gasteiger partial charge in [0.05, 0.1) is 17.6 Å². The standard InChI is InChI=1S/C27H32N4O2/c1-27(26(33)28-21-13-7-2-3-8-14-21)19-30-23-16-10-9-15-22(23)29-24(30)25(32)31(27)18-17-20-11-5-4-6-12-20/h4-6,9-12,15-16,21H,2-3,7-8,13-14,17-19H2,1H3,(H,28,33)/t27-/m0/s1. The zero-order chi connectivity index (χ0) is 22.8. The van der Waals surface area contributed by atoms with Gasteiger partial charge >= 0.3 is 0 Å². The summed E-state index contributed by atoms with van der Waals surface area (Å²) in [4.78, 5) is 33.9. The van der Waals surface area contributed by atoms with Gasteiger partial charge in [-0.25, -0.2) is 4.98 Å². The number of hydrogen-bond acceptors (Lipinski definition) is 3. The molecule has 172 valence electrons. The number of amides is 2.